The summed E-state index contributed by atoms with van der Waals surface area (Å²) >= 11 is 0. The van der Waals surface area contributed by atoms with Gasteiger partial charge >= 0.3 is 0 Å². The Hall–Kier alpha value is -3.86. The minimum absolute atomic E-state index is 0.0719. The van der Waals surface area contributed by atoms with E-state index in [0.717, 1.165) is 11.1 Å². The first kappa shape index (κ1) is 17.5. The third-order valence-electron chi connectivity index (χ3n) is 4.31. The Morgan fingerprint density at radius 3 is 2.18 bits per heavy atom. The van der Waals surface area contributed by atoms with Gasteiger partial charge in [0.2, 0.25) is 5.95 Å². The molecule has 3 N–H and O–H groups in total. The number of nitrogens with two attached hydrogens (primary N) is 1. The summed E-state index contributed by atoms with van der Waals surface area (Å²) in [4.78, 5) is 8.58. The SMILES string of the molecule is Nc1nc(-c2ccccc2)cc(-c2ccc(OCc3ccccc3)cc2O)n1. The Labute approximate surface area is 163 Å². The van der Waals surface area contributed by atoms with E-state index in [0.29, 0.717) is 29.3 Å². The summed E-state index contributed by atoms with van der Waals surface area (Å²) in [6, 6.07) is 26.5. The summed E-state index contributed by atoms with van der Waals surface area (Å²) in [6.07, 6.45) is 0. The second-order valence-electron chi connectivity index (χ2n) is 6.32. The zero-order valence-electron chi connectivity index (χ0n) is 15.1. The van der Waals surface area contributed by atoms with Crippen LogP contribution in [0.5, 0.6) is 11.5 Å². The monoisotopic (exact) mass is 369 g/mol. The fourth-order valence-corrected chi connectivity index (χ4v) is 2.92. The van der Waals surface area contributed by atoms with Crippen LogP contribution in [0, 0.1) is 0 Å². The summed E-state index contributed by atoms with van der Waals surface area (Å²) in [5, 5.41) is 10.5. The first-order chi connectivity index (χ1) is 13.7. The molecule has 1 heterocycles. The van der Waals surface area contributed by atoms with Crippen molar-refractivity contribution >= 4 is 5.95 Å². The number of aromatic hydroxyl groups is 1. The lowest BCUT2D eigenvalue weighted by molar-refractivity contribution is 0.304. The Morgan fingerprint density at radius 1 is 0.786 bits per heavy atom. The second-order valence-corrected chi connectivity index (χ2v) is 6.32. The molecule has 0 saturated heterocycles. The Morgan fingerprint density at radius 2 is 1.46 bits per heavy atom. The average Bonchev–Trinajstić information content (AvgIpc) is 2.73. The summed E-state index contributed by atoms with van der Waals surface area (Å²) < 4.78 is 5.76. The topological polar surface area (TPSA) is 81.3 Å². The lowest BCUT2D eigenvalue weighted by atomic mass is 10.1. The molecule has 5 heteroatoms. The van der Waals surface area contributed by atoms with E-state index in [9.17, 15) is 5.11 Å². The highest BCUT2D eigenvalue weighted by molar-refractivity contribution is 5.73. The number of hydrogen-bond acceptors (Lipinski definition) is 5. The van der Waals surface area contributed by atoms with Crippen LogP contribution in [0.15, 0.2) is 84.9 Å². The molecule has 0 amide bonds. The van der Waals surface area contributed by atoms with E-state index < -0.39 is 0 Å². The number of aromatic nitrogens is 2. The van der Waals surface area contributed by atoms with Gasteiger partial charge in [0.15, 0.2) is 0 Å². The van der Waals surface area contributed by atoms with Crippen LogP contribution in [0.25, 0.3) is 22.5 Å². The molecule has 1 aromatic heterocycles. The van der Waals surface area contributed by atoms with Gasteiger partial charge in [-0.25, -0.2) is 9.97 Å². The first-order valence-corrected chi connectivity index (χ1v) is 8.89. The summed E-state index contributed by atoms with van der Waals surface area (Å²) in [7, 11) is 0. The largest absolute Gasteiger partial charge is 0.507 e. The van der Waals surface area contributed by atoms with Gasteiger partial charge in [0.1, 0.15) is 18.1 Å². The van der Waals surface area contributed by atoms with Crippen LogP contribution in [0.1, 0.15) is 5.56 Å². The number of benzene rings is 3. The van der Waals surface area contributed by atoms with E-state index in [4.69, 9.17) is 10.5 Å². The van der Waals surface area contributed by atoms with E-state index in [2.05, 4.69) is 9.97 Å². The molecular formula is C23H19N3O2. The van der Waals surface area contributed by atoms with Crippen molar-refractivity contribution in [2.24, 2.45) is 0 Å². The predicted molar refractivity (Wildman–Crippen MR) is 110 cm³/mol. The molecule has 0 aliphatic carbocycles. The maximum absolute atomic E-state index is 10.5. The van der Waals surface area contributed by atoms with Crippen molar-refractivity contribution in [3.63, 3.8) is 0 Å². The number of hydrogen-bond donors (Lipinski definition) is 2. The number of nitrogens with zero attached hydrogens (tertiary/aromatic N) is 2. The third kappa shape index (κ3) is 3.94. The maximum atomic E-state index is 10.5. The number of phenols is 1. The molecule has 0 radical (unpaired) electrons. The Bertz CT molecular complexity index is 1080. The maximum Gasteiger partial charge on any atom is 0.221 e. The quantitative estimate of drug-likeness (QED) is 0.534. The van der Waals surface area contributed by atoms with Crippen molar-refractivity contribution in [2.75, 3.05) is 5.73 Å². The molecule has 0 bridgehead atoms. The van der Waals surface area contributed by atoms with Gasteiger partial charge in [-0.3, -0.25) is 0 Å². The van der Waals surface area contributed by atoms with Crippen molar-refractivity contribution < 1.29 is 9.84 Å². The molecule has 0 saturated carbocycles. The minimum atomic E-state index is 0.0719. The van der Waals surface area contributed by atoms with Crippen LogP contribution in [0.2, 0.25) is 0 Å². The normalized spacial score (nSPS) is 10.6. The lowest BCUT2D eigenvalue weighted by Gasteiger charge is -2.11. The zero-order valence-corrected chi connectivity index (χ0v) is 15.1. The Balaban J connectivity index is 1.60. The van der Waals surface area contributed by atoms with Gasteiger partial charge in [0, 0.05) is 17.2 Å². The van der Waals surface area contributed by atoms with E-state index in [1.165, 1.54) is 0 Å². The minimum Gasteiger partial charge on any atom is -0.507 e. The standard InChI is InChI=1S/C23H19N3O2/c24-23-25-20(17-9-5-2-6-10-17)14-21(26-23)19-12-11-18(13-22(19)27)28-15-16-7-3-1-4-8-16/h1-14,27H,15H2,(H2,24,25,26). The molecular weight excluding hydrogens is 350 g/mol. The van der Waals surface area contributed by atoms with E-state index in [-0.39, 0.29) is 11.7 Å². The average molecular weight is 369 g/mol. The molecule has 0 atom stereocenters. The smallest absolute Gasteiger partial charge is 0.221 e. The van der Waals surface area contributed by atoms with Crippen LogP contribution in [0.3, 0.4) is 0 Å². The first-order valence-electron chi connectivity index (χ1n) is 8.89. The van der Waals surface area contributed by atoms with E-state index >= 15 is 0 Å². The van der Waals surface area contributed by atoms with Crippen molar-refractivity contribution in [1.82, 2.24) is 9.97 Å². The lowest BCUT2D eigenvalue weighted by Crippen LogP contribution is -1.99. The van der Waals surface area contributed by atoms with Gasteiger partial charge in [-0.1, -0.05) is 60.7 Å². The second kappa shape index (κ2) is 7.80. The summed E-state index contributed by atoms with van der Waals surface area (Å²) in [5.41, 5.74) is 9.71. The molecule has 0 unspecified atom stereocenters. The van der Waals surface area contributed by atoms with Gasteiger partial charge in [-0.05, 0) is 23.8 Å². The molecule has 0 aliphatic heterocycles. The summed E-state index contributed by atoms with van der Waals surface area (Å²) in [6.45, 7) is 0.429. The molecule has 0 spiro atoms. The Kier molecular flexibility index (Phi) is 4.89. The van der Waals surface area contributed by atoms with Crippen molar-refractivity contribution in [2.45, 2.75) is 6.61 Å². The fourth-order valence-electron chi connectivity index (χ4n) is 2.92. The van der Waals surface area contributed by atoms with Gasteiger partial charge in [-0.15, -0.1) is 0 Å². The number of ether oxygens (including phenoxy) is 1. The number of anilines is 1. The number of nitrogen functional groups attached to an aromatic ring is 1. The third-order valence-corrected chi connectivity index (χ3v) is 4.31. The predicted octanol–water partition coefficient (Wildman–Crippen LogP) is 4.68. The highest BCUT2D eigenvalue weighted by Gasteiger charge is 2.11. The highest BCUT2D eigenvalue weighted by atomic mass is 16.5. The number of phenolic OH excluding ortho intramolecular Hbond substituents is 1. The molecule has 4 rings (SSSR count). The molecule has 0 fully saturated rings. The van der Waals surface area contributed by atoms with Gasteiger partial charge in [-0.2, -0.15) is 0 Å². The van der Waals surface area contributed by atoms with Gasteiger partial charge in [0.05, 0.1) is 11.4 Å². The van der Waals surface area contributed by atoms with Crippen LogP contribution < -0.4 is 10.5 Å². The molecule has 0 aliphatic rings. The van der Waals surface area contributed by atoms with E-state index in [1.807, 2.05) is 66.7 Å². The van der Waals surface area contributed by atoms with Gasteiger partial charge < -0.3 is 15.6 Å². The zero-order chi connectivity index (χ0) is 19.3. The summed E-state index contributed by atoms with van der Waals surface area (Å²) in [5.74, 6) is 0.804. The molecule has 4 aromatic rings. The fraction of sp³-hybridized carbons (Fsp3) is 0.0435. The number of rotatable bonds is 5. The van der Waals surface area contributed by atoms with Crippen LogP contribution in [-0.4, -0.2) is 15.1 Å². The van der Waals surface area contributed by atoms with Crippen molar-refractivity contribution in [1.29, 1.82) is 0 Å². The van der Waals surface area contributed by atoms with E-state index in [1.54, 1.807) is 18.2 Å². The van der Waals surface area contributed by atoms with Crippen molar-refractivity contribution in [3.05, 3.63) is 90.5 Å². The molecule has 3 aromatic carbocycles. The van der Waals surface area contributed by atoms with Gasteiger partial charge in [0.25, 0.3) is 0 Å². The van der Waals surface area contributed by atoms with Crippen LogP contribution in [-0.2, 0) is 6.61 Å². The molecule has 5 nitrogen and oxygen atoms in total. The highest BCUT2D eigenvalue weighted by Crippen LogP contribution is 2.33. The van der Waals surface area contributed by atoms with Crippen molar-refractivity contribution in [3.8, 4) is 34.0 Å². The van der Waals surface area contributed by atoms with Crippen LogP contribution >= 0.6 is 0 Å². The molecule has 28 heavy (non-hydrogen) atoms. The molecule has 138 valence electrons. The van der Waals surface area contributed by atoms with Crippen LogP contribution in [0.4, 0.5) is 5.95 Å².